The normalized spacial score (nSPS) is 14.3. The van der Waals surface area contributed by atoms with Crippen molar-refractivity contribution in [3.63, 3.8) is 0 Å². The molecule has 1 N–H and O–H groups in total. The van der Waals surface area contributed by atoms with E-state index in [1.54, 1.807) is 0 Å². The van der Waals surface area contributed by atoms with Gasteiger partial charge < -0.3 is 5.11 Å². The van der Waals surface area contributed by atoms with E-state index in [1.165, 1.54) is 0 Å². The SMILES string of the molecule is CN(C)C(c1ccccc1Br)C(C)(C)O. The van der Waals surface area contributed by atoms with Crippen molar-refractivity contribution in [2.75, 3.05) is 14.1 Å². The third-order valence-electron chi connectivity index (χ3n) is 2.39. The van der Waals surface area contributed by atoms with Crippen LogP contribution in [-0.4, -0.2) is 29.7 Å². The van der Waals surface area contributed by atoms with Crippen LogP contribution in [0.1, 0.15) is 25.5 Å². The van der Waals surface area contributed by atoms with E-state index in [0.29, 0.717) is 0 Å². The predicted octanol–water partition coefficient (Wildman–Crippen LogP) is 2.82. The Hall–Kier alpha value is -0.380. The van der Waals surface area contributed by atoms with Gasteiger partial charge in [0.2, 0.25) is 0 Å². The molecule has 1 rings (SSSR count). The lowest BCUT2D eigenvalue weighted by Crippen LogP contribution is -2.38. The van der Waals surface area contributed by atoms with Gasteiger partial charge in [-0.1, -0.05) is 34.1 Å². The summed E-state index contributed by atoms with van der Waals surface area (Å²) in [6, 6.07) is 7.98. The van der Waals surface area contributed by atoms with Crippen LogP contribution in [0.25, 0.3) is 0 Å². The zero-order valence-corrected chi connectivity index (χ0v) is 11.2. The first-order chi connectivity index (χ1) is 6.84. The van der Waals surface area contributed by atoms with E-state index in [-0.39, 0.29) is 6.04 Å². The van der Waals surface area contributed by atoms with Gasteiger partial charge in [0.1, 0.15) is 0 Å². The Morgan fingerprint density at radius 1 is 1.27 bits per heavy atom. The molecule has 1 unspecified atom stereocenters. The van der Waals surface area contributed by atoms with Gasteiger partial charge in [-0.05, 0) is 39.6 Å². The van der Waals surface area contributed by atoms with E-state index in [9.17, 15) is 5.11 Å². The molecule has 0 amide bonds. The van der Waals surface area contributed by atoms with Crippen molar-refractivity contribution in [2.45, 2.75) is 25.5 Å². The zero-order valence-electron chi connectivity index (χ0n) is 9.66. The molecule has 1 atom stereocenters. The molecule has 1 aromatic rings. The first-order valence-electron chi connectivity index (χ1n) is 4.97. The van der Waals surface area contributed by atoms with Crippen LogP contribution in [0.4, 0.5) is 0 Å². The second-order valence-corrected chi connectivity index (χ2v) is 5.40. The van der Waals surface area contributed by atoms with Gasteiger partial charge in [-0.25, -0.2) is 0 Å². The minimum absolute atomic E-state index is 0.0203. The molecule has 0 saturated carbocycles. The summed E-state index contributed by atoms with van der Waals surface area (Å²) in [5.74, 6) is 0. The molecule has 0 aliphatic carbocycles. The molecule has 0 spiro atoms. The fourth-order valence-electron chi connectivity index (χ4n) is 1.99. The van der Waals surface area contributed by atoms with E-state index in [1.807, 2.05) is 57.1 Å². The highest BCUT2D eigenvalue weighted by atomic mass is 79.9. The second kappa shape index (κ2) is 4.64. The molecule has 3 heteroatoms. The fourth-order valence-corrected chi connectivity index (χ4v) is 2.49. The van der Waals surface area contributed by atoms with Crippen molar-refractivity contribution >= 4 is 15.9 Å². The molecule has 84 valence electrons. The van der Waals surface area contributed by atoms with Crippen LogP contribution in [0.5, 0.6) is 0 Å². The number of hydrogen-bond acceptors (Lipinski definition) is 2. The summed E-state index contributed by atoms with van der Waals surface area (Å²) in [5.41, 5.74) is 0.336. The highest BCUT2D eigenvalue weighted by Gasteiger charge is 2.31. The molecular formula is C12H18BrNO. The number of rotatable bonds is 3. The van der Waals surface area contributed by atoms with E-state index in [4.69, 9.17) is 0 Å². The molecule has 1 aromatic carbocycles. The summed E-state index contributed by atoms with van der Waals surface area (Å²) < 4.78 is 1.03. The summed E-state index contributed by atoms with van der Waals surface area (Å²) >= 11 is 3.52. The maximum atomic E-state index is 10.2. The average Bonchev–Trinajstić information content (AvgIpc) is 2.05. The lowest BCUT2D eigenvalue weighted by molar-refractivity contribution is -0.00345. The first-order valence-corrected chi connectivity index (χ1v) is 5.76. The summed E-state index contributed by atoms with van der Waals surface area (Å²) in [6.45, 7) is 3.66. The molecule has 15 heavy (non-hydrogen) atoms. The van der Waals surface area contributed by atoms with E-state index >= 15 is 0 Å². The van der Waals surface area contributed by atoms with Gasteiger partial charge in [-0.2, -0.15) is 0 Å². The highest BCUT2D eigenvalue weighted by molar-refractivity contribution is 9.10. The van der Waals surface area contributed by atoms with Gasteiger partial charge in [0, 0.05) is 4.47 Å². The smallest absolute Gasteiger partial charge is 0.0788 e. The zero-order chi connectivity index (χ0) is 11.6. The number of halogens is 1. The van der Waals surface area contributed by atoms with Gasteiger partial charge in [0.25, 0.3) is 0 Å². The van der Waals surface area contributed by atoms with Gasteiger partial charge in [0.15, 0.2) is 0 Å². The maximum absolute atomic E-state index is 10.2. The van der Waals surface area contributed by atoms with Gasteiger partial charge >= 0.3 is 0 Å². The minimum atomic E-state index is -0.770. The first kappa shape index (κ1) is 12.7. The lowest BCUT2D eigenvalue weighted by atomic mass is 9.91. The summed E-state index contributed by atoms with van der Waals surface area (Å²) in [4.78, 5) is 2.03. The third kappa shape index (κ3) is 3.03. The number of benzene rings is 1. The molecule has 0 saturated heterocycles. The van der Waals surface area contributed by atoms with Crippen LogP contribution in [0.2, 0.25) is 0 Å². The predicted molar refractivity (Wildman–Crippen MR) is 66.9 cm³/mol. The third-order valence-corrected chi connectivity index (χ3v) is 3.11. The highest BCUT2D eigenvalue weighted by Crippen LogP contribution is 2.34. The maximum Gasteiger partial charge on any atom is 0.0788 e. The number of likely N-dealkylation sites (N-methyl/N-ethyl adjacent to an activating group) is 1. The standard InChI is InChI=1S/C12H18BrNO/c1-12(2,15)11(14(3)4)9-7-5-6-8-10(9)13/h5-8,11,15H,1-4H3. The van der Waals surface area contributed by atoms with E-state index < -0.39 is 5.60 Å². The molecule has 0 bridgehead atoms. The molecular weight excluding hydrogens is 254 g/mol. The van der Waals surface area contributed by atoms with Crippen LogP contribution in [0, 0.1) is 0 Å². The largest absolute Gasteiger partial charge is 0.388 e. The molecule has 0 aliphatic rings. The quantitative estimate of drug-likeness (QED) is 0.914. The topological polar surface area (TPSA) is 23.5 Å². The van der Waals surface area contributed by atoms with Crippen LogP contribution < -0.4 is 0 Å². The van der Waals surface area contributed by atoms with Crippen LogP contribution in [-0.2, 0) is 0 Å². The molecule has 2 nitrogen and oxygen atoms in total. The van der Waals surface area contributed by atoms with Crippen molar-refractivity contribution in [1.82, 2.24) is 4.90 Å². The van der Waals surface area contributed by atoms with Crippen LogP contribution >= 0.6 is 15.9 Å². The Morgan fingerprint density at radius 2 is 1.80 bits per heavy atom. The Morgan fingerprint density at radius 3 is 2.20 bits per heavy atom. The minimum Gasteiger partial charge on any atom is -0.388 e. The molecule has 0 radical (unpaired) electrons. The Labute approximate surface area is 100 Å². The fraction of sp³-hybridized carbons (Fsp3) is 0.500. The van der Waals surface area contributed by atoms with Crippen LogP contribution in [0.15, 0.2) is 28.7 Å². The second-order valence-electron chi connectivity index (χ2n) is 4.54. The van der Waals surface area contributed by atoms with Crippen molar-refractivity contribution in [3.8, 4) is 0 Å². The van der Waals surface area contributed by atoms with Crippen molar-refractivity contribution in [2.24, 2.45) is 0 Å². The summed E-state index contributed by atoms with van der Waals surface area (Å²) in [6.07, 6.45) is 0. The van der Waals surface area contributed by atoms with Crippen LogP contribution in [0.3, 0.4) is 0 Å². The summed E-state index contributed by atoms with van der Waals surface area (Å²) in [5, 5.41) is 10.2. The number of nitrogens with zero attached hydrogens (tertiary/aromatic N) is 1. The molecule has 0 aromatic heterocycles. The average molecular weight is 272 g/mol. The molecule has 0 heterocycles. The molecule has 0 aliphatic heterocycles. The Balaban J connectivity index is 3.17. The Bertz CT molecular complexity index is 331. The number of aliphatic hydroxyl groups is 1. The summed E-state index contributed by atoms with van der Waals surface area (Å²) in [7, 11) is 3.95. The van der Waals surface area contributed by atoms with E-state index in [0.717, 1.165) is 10.0 Å². The number of hydrogen-bond donors (Lipinski definition) is 1. The lowest BCUT2D eigenvalue weighted by Gasteiger charge is -2.35. The van der Waals surface area contributed by atoms with Crippen molar-refractivity contribution < 1.29 is 5.11 Å². The monoisotopic (exact) mass is 271 g/mol. The van der Waals surface area contributed by atoms with E-state index in [2.05, 4.69) is 15.9 Å². The van der Waals surface area contributed by atoms with Gasteiger partial charge in [0.05, 0.1) is 11.6 Å². The van der Waals surface area contributed by atoms with Gasteiger partial charge in [-0.3, -0.25) is 4.90 Å². The van der Waals surface area contributed by atoms with Crippen molar-refractivity contribution in [3.05, 3.63) is 34.3 Å². The molecule has 0 fully saturated rings. The Kier molecular flexibility index (Phi) is 3.93. The van der Waals surface area contributed by atoms with Crippen molar-refractivity contribution in [1.29, 1.82) is 0 Å². The van der Waals surface area contributed by atoms with Gasteiger partial charge in [-0.15, -0.1) is 0 Å².